The molecular formula is C15H17Cl2NO3. The zero-order valence-electron chi connectivity index (χ0n) is 12.0. The van der Waals surface area contributed by atoms with Gasteiger partial charge in [0.1, 0.15) is 6.04 Å². The Morgan fingerprint density at radius 2 is 1.90 bits per heavy atom. The number of benzene rings is 1. The Morgan fingerprint density at radius 3 is 2.43 bits per heavy atom. The van der Waals surface area contributed by atoms with Gasteiger partial charge in [0.15, 0.2) is 0 Å². The summed E-state index contributed by atoms with van der Waals surface area (Å²) < 4.78 is 0. The average Bonchev–Trinajstić information content (AvgIpc) is 2.36. The molecule has 0 aliphatic heterocycles. The SMILES string of the molecule is CC(C)(C)[C@@H](NC(=O)/C=C/c1cccc(Cl)c1Cl)C(=O)O. The zero-order chi connectivity index (χ0) is 16.2. The molecule has 1 aromatic carbocycles. The van der Waals surface area contributed by atoms with Crippen LogP contribution in [-0.4, -0.2) is 23.0 Å². The van der Waals surface area contributed by atoms with Crippen LogP contribution in [0.3, 0.4) is 0 Å². The predicted octanol–water partition coefficient (Wildman–Crippen LogP) is 3.62. The molecule has 0 radical (unpaired) electrons. The minimum Gasteiger partial charge on any atom is -0.480 e. The number of carbonyl (C=O) groups is 2. The summed E-state index contributed by atoms with van der Waals surface area (Å²) in [5.41, 5.74) is -0.00907. The summed E-state index contributed by atoms with van der Waals surface area (Å²) in [6, 6.07) is 4.07. The normalized spacial score (nSPS) is 13.2. The largest absolute Gasteiger partial charge is 0.480 e. The predicted molar refractivity (Wildman–Crippen MR) is 84.5 cm³/mol. The molecule has 1 amide bonds. The Labute approximate surface area is 133 Å². The summed E-state index contributed by atoms with van der Waals surface area (Å²) in [7, 11) is 0. The monoisotopic (exact) mass is 329 g/mol. The third kappa shape index (κ3) is 5.06. The second kappa shape index (κ2) is 6.96. The molecule has 2 N–H and O–H groups in total. The van der Waals surface area contributed by atoms with Crippen molar-refractivity contribution in [3.05, 3.63) is 39.9 Å². The van der Waals surface area contributed by atoms with Crippen LogP contribution in [0.5, 0.6) is 0 Å². The second-order valence-electron chi connectivity index (χ2n) is 5.62. The van der Waals surface area contributed by atoms with Gasteiger partial charge in [0, 0.05) is 6.08 Å². The van der Waals surface area contributed by atoms with Gasteiger partial charge in [0.05, 0.1) is 10.0 Å². The minimum atomic E-state index is -1.08. The number of aliphatic carboxylic acids is 1. The number of rotatable bonds is 4. The molecule has 0 aliphatic carbocycles. The van der Waals surface area contributed by atoms with Crippen LogP contribution in [0.1, 0.15) is 26.3 Å². The molecule has 6 heteroatoms. The Morgan fingerprint density at radius 1 is 1.29 bits per heavy atom. The van der Waals surface area contributed by atoms with E-state index < -0.39 is 23.3 Å². The fourth-order valence-electron chi connectivity index (χ4n) is 1.65. The van der Waals surface area contributed by atoms with Gasteiger partial charge in [-0.25, -0.2) is 4.79 Å². The van der Waals surface area contributed by atoms with Gasteiger partial charge in [-0.1, -0.05) is 56.1 Å². The lowest BCUT2D eigenvalue weighted by Gasteiger charge is -2.27. The number of nitrogens with one attached hydrogen (secondary N) is 1. The van der Waals surface area contributed by atoms with Gasteiger partial charge in [0.25, 0.3) is 0 Å². The standard InChI is InChI=1S/C15H17Cl2NO3/c1-15(2,3)13(14(20)21)18-11(19)8-7-9-5-4-6-10(16)12(9)17/h4-8,13H,1-3H3,(H,18,19)(H,20,21)/b8-7+/t13-/m0/s1. The molecule has 0 saturated carbocycles. The second-order valence-corrected chi connectivity index (χ2v) is 6.41. The Bertz CT molecular complexity index is 577. The molecule has 21 heavy (non-hydrogen) atoms. The van der Waals surface area contributed by atoms with Crippen molar-refractivity contribution in [1.82, 2.24) is 5.32 Å². The first-order chi connectivity index (χ1) is 9.62. The lowest BCUT2D eigenvalue weighted by molar-refractivity contribution is -0.144. The maximum absolute atomic E-state index is 11.8. The molecule has 0 bridgehead atoms. The van der Waals surface area contributed by atoms with Crippen molar-refractivity contribution < 1.29 is 14.7 Å². The van der Waals surface area contributed by atoms with E-state index in [0.717, 1.165) is 0 Å². The quantitative estimate of drug-likeness (QED) is 0.829. The highest BCUT2D eigenvalue weighted by Gasteiger charge is 2.31. The van der Waals surface area contributed by atoms with E-state index in [4.69, 9.17) is 28.3 Å². The number of hydrogen-bond donors (Lipinski definition) is 2. The maximum Gasteiger partial charge on any atom is 0.326 e. The highest BCUT2D eigenvalue weighted by atomic mass is 35.5. The number of carboxylic acid groups (broad SMARTS) is 1. The molecule has 0 spiro atoms. The maximum atomic E-state index is 11.8. The van der Waals surface area contributed by atoms with Gasteiger partial charge in [-0.2, -0.15) is 0 Å². The van der Waals surface area contributed by atoms with Crippen LogP contribution in [0, 0.1) is 5.41 Å². The smallest absolute Gasteiger partial charge is 0.326 e. The average molecular weight is 330 g/mol. The Kier molecular flexibility index (Phi) is 5.81. The molecule has 1 aromatic rings. The van der Waals surface area contributed by atoms with Crippen molar-refractivity contribution in [2.45, 2.75) is 26.8 Å². The number of carbonyl (C=O) groups excluding carboxylic acids is 1. The van der Waals surface area contributed by atoms with Crippen LogP contribution in [0.4, 0.5) is 0 Å². The molecule has 0 unspecified atom stereocenters. The Balaban J connectivity index is 2.84. The summed E-state index contributed by atoms with van der Waals surface area (Å²) in [4.78, 5) is 23.0. The first kappa shape index (κ1) is 17.5. The van der Waals surface area contributed by atoms with E-state index in [9.17, 15) is 9.59 Å². The highest BCUT2D eigenvalue weighted by molar-refractivity contribution is 6.42. The number of halogens is 2. The van der Waals surface area contributed by atoms with Crippen molar-refractivity contribution in [2.24, 2.45) is 5.41 Å². The first-order valence-electron chi connectivity index (χ1n) is 6.28. The van der Waals surface area contributed by atoms with E-state index in [0.29, 0.717) is 15.6 Å². The van der Waals surface area contributed by atoms with Gasteiger partial charge in [0.2, 0.25) is 5.91 Å². The highest BCUT2D eigenvalue weighted by Crippen LogP contribution is 2.26. The zero-order valence-corrected chi connectivity index (χ0v) is 13.5. The van der Waals surface area contributed by atoms with Gasteiger partial charge in [-0.15, -0.1) is 0 Å². The van der Waals surface area contributed by atoms with Crippen LogP contribution in [-0.2, 0) is 9.59 Å². The third-order valence-corrected chi connectivity index (χ3v) is 3.63. The van der Waals surface area contributed by atoms with Crippen LogP contribution in [0.15, 0.2) is 24.3 Å². The van der Waals surface area contributed by atoms with Crippen LogP contribution < -0.4 is 5.32 Å². The molecule has 0 heterocycles. The van der Waals surface area contributed by atoms with Crippen molar-refractivity contribution in [3.63, 3.8) is 0 Å². The fraction of sp³-hybridized carbons (Fsp3) is 0.333. The van der Waals surface area contributed by atoms with E-state index in [1.54, 1.807) is 39.0 Å². The third-order valence-electron chi connectivity index (χ3n) is 2.80. The molecule has 0 fully saturated rings. The molecule has 4 nitrogen and oxygen atoms in total. The molecule has 0 aliphatic rings. The van der Waals surface area contributed by atoms with Crippen molar-refractivity contribution in [3.8, 4) is 0 Å². The van der Waals surface area contributed by atoms with Crippen molar-refractivity contribution >= 4 is 41.2 Å². The van der Waals surface area contributed by atoms with Crippen molar-refractivity contribution in [1.29, 1.82) is 0 Å². The van der Waals surface area contributed by atoms with Gasteiger partial charge in [-0.05, 0) is 23.1 Å². The molecule has 114 valence electrons. The molecule has 1 rings (SSSR count). The summed E-state index contributed by atoms with van der Waals surface area (Å²) >= 11 is 11.9. The van der Waals surface area contributed by atoms with Gasteiger partial charge in [-0.3, -0.25) is 4.79 Å². The molecule has 1 atom stereocenters. The van der Waals surface area contributed by atoms with Crippen LogP contribution in [0.2, 0.25) is 10.0 Å². The lowest BCUT2D eigenvalue weighted by Crippen LogP contribution is -2.48. The van der Waals surface area contributed by atoms with E-state index >= 15 is 0 Å². The van der Waals surface area contributed by atoms with Crippen molar-refractivity contribution in [2.75, 3.05) is 0 Å². The molecule has 0 saturated heterocycles. The lowest BCUT2D eigenvalue weighted by atomic mass is 9.87. The number of carboxylic acids is 1. The summed E-state index contributed by atoms with van der Waals surface area (Å²) in [6.45, 7) is 5.22. The number of hydrogen-bond acceptors (Lipinski definition) is 2. The Hall–Kier alpha value is -1.52. The summed E-state index contributed by atoms with van der Waals surface area (Å²) in [5.74, 6) is -1.58. The molecule has 0 aromatic heterocycles. The fourth-order valence-corrected chi connectivity index (χ4v) is 2.02. The van der Waals surface area contributed by atoms with E-state index in [1.807, 2.05) is 0 Å². The molecular weight excluding hydrogens is 313 g/mol. The van der Waals surface area contributed by atoms with Gasteiger partial charge < -0.3 is 10.4 Å². The minimum absolute atomic E-state index is 0.342. The van der Waals surface area contributed by atoms with E-state index in [1.165, 1.54) is 12.2 Å². The van der Waals surface area contributed by atoms with Crippen LogP contribution in [0.25, 0.3) is 6.08 Å². The topological polar surface area (TPSA) is 66.4 Å². The van der Waals surface area contributed by atoms with Gasteiger partial charge >= 0.3 is 5.97 Å². The number of amides is 1. The van der Waals surface area contributed by atoms with Crippen LogP contribution >= 0.6 is 23.2 Å². The summed E-state index contributed by atoms with van der Waals surface area (Å²) in [5, 5.41) is 12.3. The van der Waals surface area contributed by atoms with E-state index in [-0.39, 0.29) is 0 Å². The summed E-state index contributed by atoms with van der Waals surface area (Å²) in [6.07, 6.45) is 2.73. The van der Waals surface area contributed by atoms with E-state index in [2.05, 4.69) is 5.32 Å². The first-order valence-corrected chi connectivity index (χ1v) is 7.04.